The van der Waals surface area contributed by atoms with Gasteiger partial charge in [0.15, 0.2) is 11.5 Å². The Kier molecular flexibility index (Phi) is 6.36. The molecule has 0 aliphatic heterocycles. The number of anilines is 2. The van der Waals surface area contributed by atoms with Gasteiger partial charge in [-0.15, -0.1) is 5.10 Å². The Bertz CT molecular complexity index is 1260. The lowest BCUT2D eigenvalue weighted by atomic mass is 10.1. The predicted molar refractivity (Wildman–Crippen MR) is 118 cm³/mol. The summed E-state index contributed by atoms with van der Waals surface area (Å²) >= 11 is 6.03. The third-order valence-electron chi connectivity index (χ3n) is 5.55. The number of nitrogens with one attached hydrogen (secondary N) is 2. The van der Waals surface area contributed by atoms with E-state index in [2.05, 4.69) is 30.9 Å². The molecule has 3 heterocycles. The predicted octanol–water partition coefficient (Wildman–Crippen LogP) is 4.52. The highest BCUT2D eigenvalue weighted by Crippen LogP contribution is 2.58. The summed E-state index contributed by atoms with van der Waals surface area (Å²) in [6.07, 6.45) is -3.91. The molecule has 184 valence electrons. The quantitative estimate of drug-likeness (QED) is 0.468. The first-order valence-electron chi connectivity index (χ1n) is 10.3. The fourth-order valence-electron chi connectivity index (χ4n) is 3.34. The van der Waals surface area contributed by atoms with Crippen LogP contribution in [0.1, 0.15) is 31.4 Å². The standard InChI is InChI=1S/C21H19ClF3N7O3/c1-11(13-4-3-9-26-16(13)22)35-19(34)29-17-15(30-31-32(17)2)14-6-5-12(10-27-14)28-18(33)20(7-8-20)21(23,24)25/h3-6,9-11H,7-8H2,1-2H3,(H,28,33)(H,29,34)/t11-/m1/s1. The lowest BCUT2D eigenvalue weighted by Gasteiger charge is -2.18. The van der Waals surface area contributed by atoms with Gasteiger partial charge in [-0.05, 0) is 38.0 Å². The second kappa shape index (κ2) is 9.13. The van der Waals surface area contributed by atoms with Crippen molar-refractivity contribution in [3.8, 4) is 11.4 Å². The van der Waals surface area contributed by atoms with Gasteiger partial charge in [0.05, 0.1) is 17.6 Å². The summed E-state index contributed by atoms with van der Waals surface area (Å²) in [4.78, 5) is 32.7. The first-order chi connectivity index (χ1) is 16.5. The molecule has 3 aromatic rings. The van der Waals surface area contributed by atoms with E-state index in [0.717, 1.165) is 0 Å². The van der Waals surface area contributed by atoms with Crippen LogP contribution in [0.2, 0.25) is 5.15 Å². The van der Waals surface area contributed by atoms with Gasteiger partial charge in [-0.25, -0.2) is 14.5 Å². The smallest absolute Gasteiger partial charge is 0.413 e. The van der Waals surface area contributed by atoms with Crippen LogP contribution in [0.5, 0.6) is 0 Å². The van der Waals surface area contributed by atoms with Gasteiger partial charge in [-0.1, -0.05) is 22.9 Å². The maximum absolute atomic E-state index is 13.1. The number of aryl methyl sites for hydroxylation is 1. The Labute approximate surface area is 201 Å². The highest BCUT2D eigenvalue weighted by molar-refractivity contribution is 6.30. The molecule has 2 amide bonds. The Morgan fingerprint density at radius 3 is 2.54 bits per heavy atom. The second-order valence-corrected chi connectivity index (χ2v) is 8.29. The van der Waals surface area contributed by atoms with Gasteiger partial charge in [0.1, 0.15) is 16.7 Å². The van der Waals surface area contributed by atoms with E-state index >= 15 is 0 Å². The largest absolute Gasteiger partial charge is 0.441 e. The van der Waals surface area contributed by atoms with E-state index in [0.29, 0.717) is 5.56 Å². The number of aromatic nitrogens is 5. The van der Waals surface area contributed by atoms with Gasteiger partial charge in [-0.3, -0.25) is 15.1 Å². The fourth-order valence-corrected chi connectivity index (χ4v) is 3.62. The number of carbonyl (C=O) groups is 2. The Hall–Kier alpha value is -3.74. The van der Waals surface area contributed by atoms with E-state index < -0.39 is 29.7 Å². The van der Waals surface area contributed by atoms with Gasteiger partial charge in [-0.2, -0.15) is 13.2 Å². The molecular weight excluding hydrogens is 491 g/mol. The van der Waals surface area contributed by atoms with E-state index in [9.17, 15) is 22.8 Å². The summed E-state index contributed by atoms with van der Waals surface area (Å²) in [5.74, 6) is -0.954. The molecule has 0 spiro atoms. The van der Waals surface area contributed by atoms with Crippen LogP contribution in [0.25, 0.3) is 11.4 Å². The van der Waals surface area contributed by atoms with Crippen LogP contribution in [-0.2, 0) is 16.6 Å². The summed E-state index contributed by atoms with van der Waals surface area (Å²) in [6, 6.07) is 6.15. The van der Waals surface area contributed by atoms with Crippen molar-refractivity contribution < 1.29 is 27.5 Å². The highest BCUT2D eigenvalue weighted by Gasteiger charge is 2.68. The van der Waals surface area contributed by atoms with Crippen LogP contribution < -0.4 is 10.6 Å². The molecule has 1 aliphatic carbocycles. The third kappa shape index (κ3) is 4.90. The topological polar surface area (TPSA) is 124 Å². The zero-order chi connectivity index (χ0) is 25.4. The van der Waals surface area contributed by atoms with Crippen LogP contribution in [0.15, 0.2) is 36.7 Å². The molecule has 1 aliphatic rings. The summed E-state index contributed by atoms with van der Waals surface area (Å²) in [5, 5.41) is 12.8. The average molecular weight is 510 g/mol. The lowest BCUT2D eigenvalue weighted by Crippen LogP contribution is -2.36. The second-order valence-electron chi connectivity index (χ2n) is 7.93. The maximum Gasteiger partial charge on any atom is 0.413 e. The van der Waals surface area contributed by atoms with Crippen molar-refractivity contribution in [2.24, 2.45) is 12.5 Å². The molecule has 0 unspecified atom stereocenters. The normalized spacial score (nSPS) is 15.3. The van der Waals surface area contributed by atoms with Crippen LogP contribution in [-0.4, -0.2) is 43.1 Å². The molecule has 4 rings (SSSR count). The molecule has 10 nitrogen and oxygen atoms in total. The number of nitrogens with zero attached hydrogens (tertiary/aromatic N) is 5. The number of amides is 2. The third-order valence-corrected chi connectivity index (χ3v) is 5.86. The van der Waals surface area contributed by atoms with Crippen molar-refractivity contribution in [1.82, 2.24) is 25.0 Å². The Balaban J connectivity index is 1.45. The minimum Gasteiger partial charge on any atom is -0.441 e. The fraction of sp³-hybridized carbons (Fsp3) is 0.333. The van der Waals surface area contributed by atoms with E-state index in [1.165, 1.54) is 36.3 Å². The van der Waals surface area contributed by atoms with Crippen LogP contribution >= 0.6 is 11.6 Å². The van der Waals surface area contributed by atoms with Gasteiger partial charge in [0, 0.05) is 18.8 Å². The Morgan fingerprint density at radius 1 is 1.20 bits per heavy atom. The molecule has 0 bridgehead atoms. The first kappa shape index (κ1) is 24.4. The monoisotopic (exact) mass is 509 g/mol. The average Bonchev–Trinajstić information content (AvgIpc) is 3.55. The zero-order valence-electron chi connectivity index (χ0n) is 18.4. The number of hydrogen-bond acceptors (Lipinski definition) is 7. The lowest BCUT2D eigenvalue weighted by molar-refractivity contribution is -0.189. The van der Waals surface area contributed by atoms with Crippen molar-refractivity contribution >= 4 is 35.1 Å². The number of hydrogen-bond donors (Lipinski definition) is 2. The maximum atomic E-state index is 13.1. The molecule has 35 heavy (non-hydrogen) atoms. The number of alkyl halides is 3. The molecule has 0 aromatic carbocycles. The first-order valence-corrected chi connectivity index (χ1v) is 10.7. The SMILES string of the molecule is C[C@@H](OC(=O)Nc1c(-c2ccc(NC(=O)C3(C(F)(F)F)CC3)cn2)nnn1C)c1cccnc1Cl. The summed E-state index contributed by atoms with van der Waals surface area (Å²) < 4.78 is 46.0. The number of carbonyl (C=O) groups excluding carboxylic acids is 2. The van der Waals surface area contributed by atoms with Crippen LogP contribution in [0, 0.1) is 5.41 Å². The zero-order valence-corrected chi connectivity index (χ0v) is 19.2. The summed E-state index contributed by atoms with van der Waals surface area (Å²) in [5.41, 5.74) is -1.29. The summed E-state index contributed by atoms with van der Waals surface area (Å²) in [6.45, 7) is 1.63. The summed E-state index contributed by atoms with van der Waals surface area (Å²) in [7, 11) is 1.54. The van der Waals surface area contributed by atoms with E-state index in [1.807, 2.05) is 0 Å². The van der Waals surface area contributed by atoms with E-state index in [-0.39, 0.29) is 40.9 Å². The van der Waals surface area contributed by atoms with Gasteiger partial charge in [0.2, 0.25) is 5.91 Å². The van der Waals surface area contributed by atoms with Gasteiger partial charge >= 0.3 is 12.3 Å². The molecule has 0 radical (unpaired) electrons. The number of rotatable bonds is 6. The number of pyridine rings is 2. The van der Waals surface area contributed by atoms with E-state index in [1.54, 1.807) is 19.1 Å². The minimum absolute atomic E-state index is 0.0919. The molecule has 2 N–H and O–H groups in total. The van der Waals surface area contributed by atoms with Crippen molar-refractivity contribution in [3.63, 3.8) is 0 Å². The van der Waals surface area contributed by atoms with Gasteiger partial charge in [0.25, 0.3) is 0 Å². The Morgan fingerprint density at radius 2 is 1.94 bits per heavy atom. The van der Waals surface area contributed by atoms with Crippen molar-refractivity contribution in [2.45, 2.75) is 32.0 Å². The number of halogens is 4. The van der Waals surface area contributed by atoms with Crippen LogP contribution in [0.3, 0.4) is 0 Å². The minimum atomic E-state index is -4.61. The van der Waals surface area contributed by atoms with Gasteiger partial charge < -0.3 is 10.1 Å². The molecule has 3 aromatic heterocycles. The van der Waals surface area contributed by atoms with Crippen molar-refractivity contribution in [3.05, 3.63) is 47.4 Å². The van der Waals surface area contributed by atoms with Crippen molar-refractivity contribution in [1.29, 1.82) is 0 Å². The molecule has 14 heteroatoms. The van der Waals surface area contributed by atoms with Crippen LogP contribution in [0.4, 0.5) is 29.5 Å². The molecular formula is C21H19ClF3N7O3. The molecule has 0 saturated heterocycles. The highest BCUT2D eigenvalue weighted by atomic mass is 35.5. The van der Waals surface area contributed by atoms with E-state index in [4.69, 9.17) is 16.3 Å². The molecule has 1 atom stereocenters. The molecule has 1 fully saturated rings. The van der Waals surface area contributed by atoms with Crippen molar-refractivity contribution in [2.75, 3.05) is 10.6 Å². The molecule has 1 saturated carbocycles. The number of ether oxygens (including phenoxy) is 1.